The molecule has 0 spiro atoms. The average Bonchev–Trinajstić information content (AvgIpc) is 3.38. The first-order valence-electron chi connectivity index (χ1n) is 13.6. The summed E-state index contributed by atoms with van der Waals surface area (Å²) in [4.78, 5) is 34.9. The van der Waals surface area contributed by atoms with Gasteiger partial charge in [-0.2, -0.15) is 0 Å². The first-order chi connectivity index (χ1) is 19.1. The lowest BCUT2D eigenvalue weighted by molar-refractivity contribution is -0.132. The standard InChI is InChI=1S/C31H35N5O2S/c1-23-22-36(21-18-32-23)29(37)17-20-35(31(38)34-30-33-27-14-8-9-15-28(27)39-30)19-16-26(24-10-4-2-5-11-24)25-12-6-3-7-13-25/h2-15,23,26,32H,16-22H2,1H3,(H,33,34,38)/t23-/m1/s1. The number of nitrogens with zero attached hydrogens (tertiary/aromatic N) is 3. The Morgan fingerprint density at radius 1 is 1.00 bits per heavy atom. The lowest BCUT2D eigenvalue weighted by Crippen LogP contribution is -2.52. The van der Waals surface area contributed by atoms with Crippen molar-refractivity contribution in [1.29, 1.82) is 0 Å². The number of para-hydroxylation sites is 1. The predicted octanol–water partition coefficient (Wildman–Crippen LogP) is 5.56. The van der Waals surface area contributed by atoms with Gasteiger partial charge in [-0.05, 0) is 36.6 Å². The van der Waals surface area contributed by atoms with E-state index >= 15 is 0 Å². The van der Waals surface area contributed by atoms with Crippen LogP contribution in [0.5, 0.6) is 0 Å². The third-order valence-electron chi connectivity index (χ3n) is 7.20. The Bertz CT molecular complexity index is 1310. The van der Waals surface area contributed by atoms with Crippen molar-refractivity contribution in [3.05, 3.63) is 96.1 Å². The molecule has 0 bridgehead atoms. The summed E-state index contributed by atoms with van der Waals surface area (Å²) in [6.07, 6.45) is 1.03. The van der Waals surface area contributed by atoms with E-state index in [0.29, 0.717) is 37.7 Å². The van der Waals surface area contributed by atoms with Crippen LogP contribution in [0.25, 0.3) is 10.2 Å². The molecule has 1 atom stereocenters. The van der Waals surface area contributed by atoms with E-state index in [1.165, 1.54) is 22.5 Å². The van der Waals surface area contributed by atoms with Crippen LogP contribution in [0.1, 0.15) is 36.8 Å². The number of carbonyl (C=O) groups excluding carboxylic acids is 2. The second kappa shape index (κ2) is 12.9. The quantitative estimate of drug-likeness (QED) is 0.291. The maximum Gasteiger partial charge on any atom is 0.323 e. The number of rotatable bonds is 9. The molecule has 0 unspecified atom stereocenters. The summed E-state index contributed by atoms with van der Waals surface area (Å²) >= 11 is 1.46. The van der Waals surface area contributed by atoms with E-state index in [1.807, 2.05) is 41.3 Å². The molecule has 1 aliphatic rings. The van der Waals surface area contributed by atoms with Gasteiger partial charge >= 0.3 is 6.03 Å². The van der Waals surface area contributed by atoms with Gasteiger partial charge in [-0.1, -0.05) is 84.1 Å². The molecule has 0 radical (unpaired) electrons. The summed E-state index contributed by atoms with van der Waals surface area (Å²) in [6, 6.07) is 28.7. The lowest BCUT2D eigenvalue weighted by atomic mass is 9.88. The lowest BCUT2D eigenvalue weighted by Gasteiger charge is -2.33. The van der Waals surface area contributed by atoms with Crippen LogP contribution in [0.4, 0.5) is 9.93 Å². The Morgan fingerprint density at radius 2 is 1.67 bits per heavy atom. The molecule has 0 aliphatic carbocycles. The minimum absolute atomic E-state index is 0.0869. The van der Waals surface area contributed by atoms with Gasteiger partial charge in [0.1, 0.15) is 0 Å². The number of urea groups is 1. The highest BCUT2D eigenvalue weighted by Gasteiger charge is 2.24. The average molecular weight is 542 g/mol. The van der Waals surface area contributed by atoms with Crippen LogP contribution in [-0.2, 0) is 4.79 Å². The van der Waals surface area contributed by atoms with Crippen molar-refractivity contribution < 1.29 is 9.59 Å². The third-order valence-corrected chi connectivity index (χ3v) is 8.16. The molecule has 7 nitrogen and oxygen atoms in total. The van der Waals surface area contributed by atoms with Gasteiger partial charge in [0, 0.05) is 51.1 Å². The molecule has 39 heavy (non-hydrogen) atoms. The molecular formula is C31H35N5O2S. The highest BCUT2D eigenvalue weighted by Crippen LogP contribution is 2.29. The van der Waals surface area contributed by atoms with Crippen LogP contribution in [-0.4, -0.2) is 65.5 Å². The largest absolute Gasteiger partial charge is 0.340 e. The number of amides is 3. The zero-order chi connectivity index (χ0) is 27.0. The minimum atomic E-state index is -0.226. The van der Waals surface area contributed by atoms with Crippen LogP contribution in [0.2, 0.25) is 0 Å². The van der Waals surface area contributed by atoms with Crippen LogP contribution >= 0.6 is 11.3 Å². The Morgan fingerprint density at radius 3 is 2.33 bits per heavy atom. The Hall–Kier alpha value is -3.75. The molecule has 202 valence electrons. The first-order valence-corrected chi connectivity index (χ1v) is 14.4. The van der Waals surface area contributed by atoms with Crippen molar-refractivity contribution in [2.45, 2.75) is 31.7 Å². The fraction of sp³-hybridized carbons (Fsp3) is 0.323. The highest BCUT2D eigenvalue weighted by atomic mass is 32.1. The van der Waals surface area contributed by atoms with Crippen LogP contribution < -0.4 is 10.6 Å². The van der Waals surface area contributed by atoms with Crippen LogP contribution in [0, 0.1) is 0 Å². The van der Waals surface area contributed by atoms with Crippen molar-refractivity contribution in [1.82, 2.24) is 20.1 Å². The fourth-order valence-corrected chi connectivity index (χ4v) is 6.00. The highest BCUT2D eigenvalue weighted by molar-refractivity contribution is 7.22. The topological polar surface area (TPSA) is 77.6 Å². The van der Waals surface area contributed by atoms with Gasteiger partial charge in [0.05, 0.1) is 10.2 Å². The predicted molar refractivity (Wildman–Crippen MR) is 158 cm³/mol. The summed E-state index contributed by atoms with van der Waals surface area (Å²) in [6.45, 7) is 5.14. The number of hydrogen-bond donors (Lipinski definition) is 2. The Labute approximate surface area is 233 Å². The summed E-state index contributed by atoms with van der Waals surface area (Å²) in [7, 11) is 0. The van der Waals surface area contributed by atoms with Gasteiger partial charge in [0.25, 0.3) is 0 Å². The van der Waals surface area contributed by atoms with E-state index in [4.69, 9.17) is 0 Å². The Kier molecular flexibility index (Phi) is 8.85. The first kappa shape index (κ1) is 26.8. The number of aromatic nitrogens is 1. The zero-order valence-electron chi connectivity index (χ0n) is 22.3. The number of anilines is 1. The van der Waals surface area contributed by atoms with Crippen molar-refractivity contribution >= 4 is 38.6 Å². The van der Waals surface area contributed by atoms with E-state index < -0.39 is 0 Å². The number of thiazole rings is 1. The number of benzene rings is 3. The summed E-state index contributed by atoms with van der Waals surface area (Å²) < 4.78 is 1.02. The molecule has 1 fully saturated rings. The van der Waals surface area contributed by atoms with Crippen molar-refractivity contribution in [3.8, 4) is 0 Å². The normalized spacial score (nSPS) is 15.4. The maximum atomic E-state index is 13.6. The SMILES string of the molecule is C[C@@H]1CN(C(=O)CCN(CCC(c2ccccc2)c2ccccc2)C(=O)Nc2nc3ccccc3s2)CCN1. The maximum absolute atomic E-state index is 13.6. The van der Waals surface area contributed by atoms with Crippen LogP contribution in [0.3, 0.4) is 0 Å². The third kappa shape index (κ3) is 7.02. The molecule has 2 heterocycles. The number of nitrogens with one attached hydrogen (secondary N) is 2. The smallest absolute Gasteiger partial charge is 0.323 e. The summed E-state index contributed by atoms with van der Waals surface area (Å²) in [5.41, 5.74) is 3.28. The van der Waals surface area contributed by atoms with E-state index in [-0.39, 0.29) is 23.9 Å². The molecule has 1 aliphatic heterocycles. The number of piperazine rings is 1. The molecule has 3 aromatic carbocycles. The second-order valence-corrected chi connectivity index (χ2v) is 11.0. The number of carbonyl (C=O) groups is 2. The number of fused-ring (bicyclic) bond motifs is 1. The second-order valence-electron chi connectivity index (χ2n) is 10.0. The van der Waals surface area contributed by atoms with Gasteiger partial charge in [-0.15, -0.1) is 0 Å². The van der Waals surface area contributed by atoms with Gasteiger partial charge in [0.2, 0.25) is 5.91 Å². The van der Waals surface area contributed by atoms with E-state index in [2.05, 4.69) is 71.1 Å². The minimum Gasteiger partial charge on any atom is -0.340 e. The fourth-order valence-electron chi connectivity index (χ4n) is 5.14. The Balaban J connectivity index is 1.32. The van der Waals surface area contributed by atoms with Gasteiger partial charge in [-0.3, -0.25) is 10.1 Å². The molecular weight excluding hydrogens is 506 g/mol. The van der Waals surface area contributed by atoms with Crippen molar-refractivity contribution in [2.75, 3.05) is 38.0 Å². The molecule has 1 saturated heterocycles. The molecule has 1 aromatic heterocycles. The number of hydrogen-bond acceptors (Lipinski definition) is 5. The monoisotopic (exact) mass is 541 g/mol. The van der Waals surface area contributed by atoms with Crippen molar-refractivity contribution in [2.24, 2.45) is 0 Å². The molecule has 0 saturated carbocycles. The molecule has 4 aromatic rings. The van der Waals surface area contributed by atoms with Gasteiger partial charge in [-0.25, -0.2) is 9.78 Å². The summed E-state index contributed by atoms with van der Waals surface area (Å²) in [5.74, 6) is 0.221. The molecule has 5 rings (SSSR count). The van der Waals surface area contributed by atoms with E-state index in [1.54, 1.807) is 4.90 Å². The molecule has 8 heteroatoms. The van der Waals surface area contributed by atoms with Gasteiger partial charge in [0.15, 0.2) is 5.13 Å². The zero-order valence-corrected chi connectivity index (χ0v) is 23.1. The van der Waals surface area contributed by atoms with Crippen LogP contribution in [0.15, 0.2) is 84.9 Å². The van der Waals surface area contributed by atoms with E-state index in [9.17, 15) is 9.59 Å². The van der Waals surface area contributed by atoms with Crippen molar-refractivity contribution in [3.63, 3.8) is 0 Å². The summed E-state index contributed by atoms with van der Waals surface area (Å²) in [5, 5.41) is 6.95. The van der Waals surface area contributed by atoms with Gasteiger partial charge < -0.3 is 15.1 Å². The van der Waals surface area contributed by atoms with E-state index in [0.717, 1.165) is 23.2 Å². The molecule has 3 amide bonds. The molecule has 2 N–H and O–H groups in total.